The van der Waals surface area contributed by atoms with Gasteiger partial charge in [-0.1, -0.05) is 18.5 Å². The van der Waals surface area contributed by atoms with Crippen LogP contribution < -0.4 is 5.32 Å². The highest BCUT2D eigenvalue weighted by molar-refractivity contribution is 4.98. The highest BCUT2D eigenvalue weighted by atomic mass is 16.5. The van der Waals surface area contributed by atoms with E-state index in [1.165, 1.54) is 19.4 Å². The molecule has 0 radical (unpaired) electrons. The first-order valence-electron chi connectivity index (χ1n) is 8.15. The van der Waals surface area contributed by atoms with Gasteiger partial charge in [-0.25, -0.2) is 0 Å². The van der Waals surface area contributed by atoms with Gasteiger partial charge in [0.1, 0.15) is 6.10 Å². The van der Waals surface area contributed by atoms with E-state index in [9.17, 15) is 0 Å². The Kier molecular flexibility index (Phi) is 4.87. The quantitative estimate of drug-likeness (QED) is 0.858. The van der Waals surface area contributed by atoms with Gasteiger partial charge in [0, 0.05) is 25.0 Å². The van der Waals surface area contributed by atoms with E-state index in [2.05, 4.69) is 27.3 Å². The van der Waals surface area contributed by atoms with Gasteiger partial charge in [-0.2, -0.15) is 4.98 Å². The third kappa shape index (κ3) is 3.44. The Hall–Kier alpha value is -0.980. The number of aromatic nitrogens is 2. The van der Waals surface area contributed by atoms with Crippen molar-refractivity contribution in [1.29, 1.82) is 0 Å². The van der Waals surface area contributed by atoms with E-state index in [0.29, 0.717) is 23.8 Å². The predicted octanol–water partition coefficient (Wildman–Crippen LogP) is 1.54. The number of fused-ring (bicyclic) bond motifs is 1. The Morgan fingerprint density at radius 1 is 1.48 bits per heavy atom. The van der Waals surface area contributed by atoms with Crippen LogP contribution in [0.25, 0.3) is 0 Å². The number of ether oxygens (including phenoxy) is 1. The van der Waals surface area contributed by atoms with Gasteiger partial charge in [-0.05, 0) is 32.9 Å². The summed E-state index contributed by atoms with van der Waals surface area (Å²) in [4.78, 5) is 7.05. The molecule has 0 amide bonds. The molecule has 2 saturated heterocycles. The van der Waals surface area contributed by atoms with Crippen LogP contribution in [0.5, 0.6) is 0 Å². The Labute approximate surface area is 126 Å². The van der Waals surface area contributed by atoms with E-state index in [1.54, 1.807) is 0 Å². The predicted molar refractivity (Wildman–Crippen MR) is 79.0 cm³/mol. The van der Waals surface area contributed by atoms with E-state index >= 15 is 0 Å². The summed E-state index contributed by atoms with van der Waals surface area (Å²) in [5.74, 6) is 1.42. The molecule has 0 spiro atoms. The van der Waals surface area contributed by atoms with E-state index < -0.39 is 0 Å². The van der Waals surface area contributed by atoms with Crippen LogP contribution in [0.1, 0.15) is 50.4 Å². The lowest BCUT2D eigenvalue weighted by Gasteiger charge is -2.33. The average Bonchev–Trinajstić information content (AvgIpc) is 3.14. The fraction of sp³-hybridized carbons (Fsp3) is 0.867. The van der Waals surface area contributed by atoms with Crippen molar-refractivity contribution < 1.29 is 9.26 Å². The first-order valence-corrected chi connectivity index (χ1v) is 8.15. The minimum absolute atomic E-state index is 0.0314. The van der Waals surface area contributed by atoms with Crippen molar-refractivity contribution in [1.82, 2.24) is 20.4 Å². The summed E-state index contributed by atoms with van der Waals surface area (Å²) in [7, 11) is 1.98. The topological polar surface area (TPSA) is 63.4 Å². The summed E-state index contributed by atoms with van der Waals surface area (Å²) < 4.78 is 11.3. The second-order valence-corrected chi connectivity index (χ2v) is 6.14. The number of nitrogens with zero attached hydrogens (tertiary/aromatic N) is 3. The molecule has 2 aliphatic rings. The van der Waals surface area contributed by atoms with Gasteiger partial charge in [0.2, 0.25) is 11.7 Å². The van der Waals surface area contributed by atoms with Crippen LogP contribution in [0, 0.1) is 0 Å². The molecule has 0 aromatic carbocycles. The lowest BCUT2D eigenvalue weighted by molar-refractivity contribution is -0.0548. The molecule has 21 heavy (non-hydrogen) atoms. The first kappa shape index (κ1) is 14.9. The fourth-order valence-corrected chi connectivity index (χ4v) is 3.36. The molecule has 2 aliphatic heterocycles. The lowest BCUT2D eigenvalue weighted by Crippen LogP contribution is -2.42. The van der Waals surface area contributed by atoms with Crippen LogP contribution >= 0.6 is 0 Å². The summed E-state index contributed by atoms with van der Waals surface area (Å²) >= 11 is 0. The second-order valence-electron chi connectivity index (χ2n) is 6.14. The molecule has 1 aromatic rings. The molecular formula is C15H26N4O2. The zero-order chi connectivity index (χ0) is 14.7. The maximum absolute atomic E-state index is 5.93. The molecule has 3 heterocycles. The number of hydrogen-bond acceptors (Lipinski definition) is 6. The molecule has 3 rings (SSSR count). The van der Waals surface area contributed by atoms with Crippen LogP contribution in [-0.4, -0.2) is 53.9 Å². The number of nitrogens with one attached hydrogen (secondary N) is 1. The monoisotopic (exact) mass is 294 g/mol. The highest BCUT2D eigenvalue weighted by Gasteiger charge is 2.34. The van der Waals surface area contributed by atoms with Gasteiger partial charge in [0.05, 0.1) is 6.61 Å². The summed E-state index contributed by atoms with van der Waals surface area (Å²) in [6, 6.07) is 1.00. The molecule has 1 N–H and O–H groups in total. The molecule has 0 bridgehead atoms. The Bertz CT molecular complexity index is 451. The first-order chi connectivity index (χ1) is 10.3. The molecule has 0 aliphatic carbocycles. The average molecular weight is 294 g/mol. The number of hydrogen-bond donors (Lipinski definition) is 1. The third-order valence-electron chi connectivity index (χ3n) is 4.63. The number of likely N-dealkylation sites (N-methyl/N-ethyl adjacent to an activating group) is 1. The van der Waals surface area contributed by atoms with Crippen molar-refractivity contribution in [3.8, 4) is 0 Å². The minimum Gasteiger partial charge on any atom is -0.367 e. The van der Waals surface area contributed by atoms with Crippen LogP contribution in [0.2, 0.25) is 0 Å². The van der Waals surface area contributed by atoms with Crippen LogP contribution in [0.4, 0.5) is 0 Å². The van der Waals surface area contributed by atoms with Gasteiger partial charge < -0.3 is 14.6 Å². The molecule has 0 saturated carbocycles. The maximum Gasteiger partial charge on any atom is 0.228 e. The second kappa shape index (κ2) is 6.85. The van der Waals surface area contributed by atoms with Crippen molar-refractivity contribution in [3.63, 3.8) is 0 Å². The SMILES string of the molecule is CCCC(Cc1nc(C2CN3CCCC3CO2)no1)NC. The van der Waals surface area contributed by atoms with Crippen molar-refractivity contribution in [2.45, 2.75) is 57.2 Å². The smallest absolute Gasteiger partial charge is 0.228 e. The van der Waals surface area contributed by atoms with Crippen molar-refractivity contribution in [3.05, 3.63) is 11.7 Å². The van der Waals surface area contributed by atoms with Gasteiger partial charge in [-0.15, -0.1) is 0 Å². The normalized spacial score (nSPS) is 27.7. The van der Waals surface area contributed by atoms with E-state index in [4.69, 9.17) is 9.26 Å². The van der Waals surface area contributed by atoms with E-state index in [1.807, 2.05) is 7.05 Å². The minimum atomic E-state index is -0.0314. The van der Waals surface area contributed by atoms with Crippen molar-refractivity contribution in [2.75, 3.05) is 26.7 Å². The molecular weight excluding hydrogens is 268 g/mol. The maximum atomic E-state index is 5.93. The standard InChI is InChI=1S/C15H26N4O2/c1-3-5-11(16-2)8-14-17-15(18-21-14)13-9-19-7-4-6-12(19)10-20-13/h11-13,16H,3-10H2,1-2H3. The summed E-state index contributed by atoms with van der Waals surface area (Å²) in [6.45, 7) is 5.05. The zero-order valence-corrected chi connectivity index (χ0v) is 13.0. The number of rotatable bonds is 6. The molecule has 1 aromatic heterocycles. The largest absolute Gasteiger partial charge is 0.367 e. The van der Waals surface area contributed by atoms with Crippen molar-refractivity contribution in [2.24, 2.45) is 0 Å². The van der Waals surface area contributed by atoms with Crippen molar-refractivity contribution >= 4 is 0 Å². The Morgan fingerprint density at radius 2 is 2.38 bits per heavy atom. The van der Waals surface area contributed by atoms with Gasteiger partial charge in [0.25, 0.3) is 0 Å². The highest BCUT2D eigenvalue weighted by Crippen LogP contribution is 2.28. The van der Waals surface area contributed by atoms with E-state index in [-0.39, 0.29) is 6.10 Å². The van der Waals surface area contributed by atoms with Crippen LogP contribution in [-0.2, 0) is 11.2 Å². The zero-order valence-electron chi connectivity index (χ0n) is 13.0. The molecule has 3 unspecified atom stereocenters. The molecule has 3 atom stereocenters. The number of morpholine rings is 1. The summed E-state index contributed by atoms with van der Waals surface area (Å²) in [5.41, 5.74) is 0. The lowest BCUT2D eigenvalue weighted by atomic mass is 10.1. The fourth-order valence-electron chi connectivity index (χ4n) is 3.36. The van der Waals surface area contributed by atoms with Crippen LogP contribution in [0.15, 0.2) is 4.52 Å². The molecule has 6 heteroatoms. The molecule has 6 nitrogen and oxygen atoms in total. The summed E-state index contributed by atoms with van der Waals surface area (Å²) in [6.07, 6.45) is 5.55. The van der Waals surface area contributed by atoms with Crippen LogP contribution in [0.3, 0.4) is 0 Å². The Balaban J connectivity index is 1.59. The summed E-state index contributed by atoms with van der Waals surface area (Å²) in [5, 5.41) is 7.44. The van der Waals surface area contributed by atoms with E-state index in [0.717, 1.165) is 32.4 Å². The molecule has 118 valence electrons. The van der Waals surface area contributed by atoms with Gasteiger partial charge in [-0.3, -0.25) is 4.90 Å². The third-order valence-corrected chi connectivity index (χ3v) is 4.63. The van der Waals surface area contributed by atoms with Gasteiger partial charge in [0.15, 0.2) is 0 Å². The van der Waals surface area contributed by atoms with Gasteiger partial charge >= 0.3 is 0 Å². The Morgan fingerprint density at radius 3 is 3.19 bits per heavy atom. The molecule has 2 fully saturated rings.